The van der Waals surface area contributed by atoms with Crippen molar-refractivity contribution in [3.05, 3.63) is 75.7 Å². The number of thiophene rings is 1. The van der Waals surface area contributed by atoms with Crippen LogP contribution >= 0.6 is 11.3 Å². The van der Waals surface area contributed by atoms with Gasteiger partial charge in [-0.25, -0.2) is 0 Å². The molecule has 1 saturated heterocycles. The van der Waals surface area contributed by atoms with E-state index in [0.29, 0.717) is 48.6 Å². The molecule has 2 amide bonds. The minimum atomic E-state index is -0.250. The van der Waals surface area contributed by atoms with E-state index in [4.69, 9.17) is 4.74 Å². The van der Waals surface area contributed by atoms with Crippen molar-refractivity contribution in [1.82, 2.24) is 9.80 Å². The molecule has 1 fully saturated rings. The van der Waals surface area contributed by atoms with Crippen LogP contribution in [-0.4, -0.2) is 66.3 Å². The second-order valence-electron chi connectivity index (χ2n) is 11.2. The van der Waals surface area contributed by atoms with Crippen molar-refractivity contribution in [3.8, 4) is 6.07 Å². The number of carbonyl (C=O) groups excluding carboxylic acids is 3. The van der Waals surface area contributed by atoms with Gasteiger partial charge in [0.2, 0.25) is 5.91 Å². The number of benzene rings is 2. The van der Waals surface area contributed by atoms with Gasteiger partial charge in [-0.3, -0.25) is 14.4 Å². The van der Waals surface area contributed by atoms with E-state index in [-0.39, 0.29) is 30.3 Å². The molecule has 0 saturated carbocycles. The molecule has 1 atom stereocenters. The molecular formula is C33H36N4O4S. The largest absolute Gasteiger partial charge is 0.369 e. The van der Waals surface area contributed by atoms with Gasteiger partial charge in [0.05, 0.1) is 18.2 Å². The van der Waals surface area contributed by atoms with Crippen molar-refractivity contribution < 1.29 is 19.1 Å². The lowest BCUT2D eigenvalue weighted by Gasteiger charge is -2.33. The smallest absolute Gasteiger partial charge is 0.256 e. The normalized spacial score (nSPS) is 16.9. The zero-order chi connectivity index (χ0) is 29.6. The zero-order valence-corrected chi connectivity index (χ0v) is 25.0. The van der Waals surface area contributed by atoms with Crippen LogP contribution in [-0.2, 0) is 27.3 Å². The first-order valence-corrected chi connectivity index (χ1v) is 15.3. The second kappa shape index (κ2) is 13.4. The van der Waals surface area contributed by atoms with Crippen LogP contribution in [0, 0.1) is 11.3 Å². The van der Waals surface area contributed by atoms with Crippen LogP contribution in [0.1, 0.15) is 59.5 Å². The minimum Gasteiger partial charge on any atom is -0.369 e. The fourth-order valence-electron chi connectivity index (χ4n) is 5.74. The number of likely N-dealkylation sites (tertiary alicyclic amines) is 1. The number of hydrogen-bond donors (Lipinski definition) is 1. The van der Waals surface area contributed by atoms with Crippen LogP contribution in [0.3, 0.4) is 0 Å². The third-order valence-corrected chi connectivity index (χ3v) is 8.93. The first-order chi connectivity index (χ1) is 20.3. The molecule has 1 unspecified atom stereocenters. The number of amides is 2. The molecule has 2 aliphatic heterocycles. The van der Waals surface area contributed by atoms with Crippen LogP contribution in [0.5, 0.6) is 0 Å². The Morgan fingerprint density at radius 3 is 2.76 bits per heavy atom. The van der Waals surface area contributed by atoms with E-state index in [0.717, 1.165) is 52.7 Å². The Morgan fingerprint density at radius 1 is 1.14 bits per heavy atom. The number of ether oxygens (including phenoxy) is 1. The van der Waals surface area contributed by atoms with E-state index in [9.17, 15) is 19.6 Å². The average Bonchev–Trinajstić information content (AvgIpc) is 3.34. The van der Waals surface area contributed by atoms with Crippen molar-refractivity contribution >= 4 is 44.7 Å². The summed E-state index contributed by atoms with van der Waals surface area (Å²) >= 11 is 1.39. The fourth-order valence-corrected chi connectivity index (χ4v) is 6.95. The lowest BCUT2D eigenvalue weighted by Crippen LogP contribution is -2.43. The van der Waals surface area contributed by atoms with E-state index in [1.165, 1.54) is 11.3 Å². The van der Waals surface area contributed by atoms with Gasteiger partial charge in [0.15, 0.2) is 5.78 Å². The number of nitriles is 1. The molecule has 42 heavy (non-hydrogen) atoms. The molecule has 3 aromatic rings. The van der Waals surface area contributed by atoms with E-state index in [1.807, 2.05) is 55.1 Å². The highest BCUT2D eigenvalue weighted by molar-refractivity contribution is 7.16. The topological polar surface area (TPSA) is 103 Å². The summed E-state index contributed by atoms with van der Waals surface area (Å²) in [7, 11) is 0. The number of nitrogens with one attached hydrogen (secondary N) is 1. The Bertz CT molecular complexity index is 1560. The number of rotatable bonds is 9. The highest BCUT2D eigenvalue weighted by Crippen LogP contribution is 2.37. The van der Waals surface area contributed by atoms with Crippen molar-refractivity contribution in [2.24, 2.45) is 0 Å². The summed E-state index contributed by atoms with van der Waals surface area (Å²) in [5.74, 6) is -0.188. The summed E-state index contributed by atoms with van der Waals surface area (Å²) in [6.45, 7) is 7.14. The number of hydrogen-bond acceptors (Lipinski definition) is 7. The predicted molar refractivity (Wildman–Crippen MR) is 165 cm³/mol. The Kier molecular flexibility index (Phi) is 9.48. The third-order valence-electron chi connectivity index (χ3n) is 7.80. The Morgan fingerprint density at radius 2 is 1.95 bits per heavy atom. The van der Waals surface area contributed by atoms with Crippen LogP contribution < -0.4 is 5.32 Å². The van der Waals surface area contributed by atoms with Crippen molar-refractivity contribution in [1.29, 1.82) is 5.26 Å². The SMILES string of the molecule is CC(C)=CC(=O)COC1CCCN(CCC(=O)N2CCc3c(sc(NC(=O)c4cccc5ccccc45)c3C#N)C2)C1. The summed E-state index contributed by atoms with van der Waals surface area (Å²) in [5, 5.41) is 15.3. The highest BCUT2D eigenvalue weighted by Gasteiger charge is 2.29. The zero-order valence-electron chi connectivity index (χ0n) is 24.2. The second-order valence-corrected chi connectivity index (χ2v) is 12.3. The summed E-state index contributed by atoms with van der Waals surface area (Å²) in [6, 6.07) is 15.6. The van der Waals surface area contributed by atoms with Gasteiger partial charge >= 0.3 is 0 Å². The van der Waals surface area contributed by atoms with Gasteiger partial charge in [0.1, 0.15) is 17.7 Å². The summed E-state index contributed by atoms with van der Waals surface area (Å²) < 4.78 is 5.85. The Hall–Kier alpha value is -3.84. The number of carbonyl (C=O) groups is 3. The van der Waals surface area contributed by atoms with E-state index in [2.05, 4.69) is 16.3 Å². The van der Waals surface area contributed by atoms with Crippen LogP contribution in [0.4, 0.5) is 5.00 Å². The lowest BCUT2D eigenvalue weighted by atomic mass is 10.0. The van der Waals surface area contributed by atoms with Gasteiger partial charge in [0, 0.05) is 36.5 Å². The fraction of sp³-hybridized carbons (Fsp3) is 0.394. The molecule has 9 heteroatoms. The van der Waals surface area contributed by atoms with E-state index in [1.54, 1.807) is 12.1 Å². The van der Waals surface area contributed by atoms with Gasteiger partial charge in [-0.2, -0.15) is 5.26 Å². The molecule has 2 aliphatic rings. The quantitative estimate of drug-likeness (QED) is 0.342. The molecular weight excluding hydrogens is 548 g/mol. The molecule has 0 bridgehead atoms. The Labute approximate surface area is 250 Å². The van der Waals surface area contributed by atoms with Gasteiger partial charge in [-0.05, 0) is 68.1 Å². The number of allylic oxidation sites excluding steroid dienone is 1. The van der Waals surface area contributed by atoms with Crippen LogP contribution in [0.25, 0.3) is 10.8 Å². The van der Waals surface area contributed by atoms with Crippen molar-refractivity contribution in [2.75, 3.05) is 38.1 Å². The maximum absolute atomic E-state index is 13.2. The average molecular weight is 585 g/mol. The van der Waals surface area contributed by atoms with Crippen LogP contribution in [0.2, 0.25) is 0 Å². The molecule has 0 aliphatic carbocycles. The molecule has 218 valence electrons. The molecule has 2 aromatic carbocycles. The first-order valence-electron chi connectivity index (χ1n) is 14.5. The van der Waals surface area contributed by atoms with Gasteiger partial charge in [-0.15, -0.1) is 11.3 Å². The number of anilines is 1. The molecule has 0 spiro atoms. The Balaban J connectivity index is 1.17. The van der Waals surface area contributed by atoms with Gasteiger partial charge < -0.3 is 19.9 Å². The molecule has 1 aromatic heterocycles. The summed E-state index contributed by atoms with van der Waals surface area (Å²) in [6.07, 6.45) is 4.49. The van der Waals surface area contributed by atoms with Gasteiger partial charge in [0.25, 0.3) is 5.91 Å². The van der Waals surface area contributed by atoms with Crippen molar-refractivity contribution in [2.45, 2.75) is 52.2 Å². The first kappa shape index (κ1) is 29.6. The van der Waals surface area contributed by atoms with Crippen LogP contribution in [0.15, 0.2) is 54.1 Å². The monoisotopic (exact) mass is 584 g/mol. The number of fused-ring (bicyclic) bond motifs is 2. The lowest BCUT2D eigenvalue weighted by molar-refractivity contribution is -0.132. The molecule has 3 heterocycles. The minimum absolute atomic E-state index is 0.000984. The number of piperidine rings is 1. The highest BCUT2D eigenvalue weighted by atomic mass is 32.1. The standard InChI is InChI=1S/C33H36N4O4S/c1-22(2)17-24(38)21-41-25-9-6-14-36(19-25)15-13-31(39)37-16-12-27-29(18-34)33(42-30(27)20-37)35-32(40)28-11-5-8-23-7-3-4-10-26(23)28/h3-5,7-8,10-11,17,25H,6,9,12-16,19-21H2,1-2H3,(H,35,40). The number of nitrogens with zero attached hydrogens (tertiary/aromatic N) is 3. The van der Waals surface area contributed by atoms with Gasteiger partial charge in [-0.1, -0.05) is 42.0 Å². The number of ketones is 1. The third kappa shape index (κ3) is 6.96. The molecule has 8 nitrogen and oxygen atoms in total. The predicted octanol–water partition coefficient (Wildman–Crippen LogP) is 5.32. The maximum atomic E-state index is 13.2. The van der Waals surface area contributed by atoms with E-state index < -0.39 is 0 Å². The molecule has 5 rings (SSSR count). The maximum Gasteiger partial charge on any atom is 0.256 e. The van der Waals surface area contributed by atoms with Crippen molar-refractivity contribution in [3.63, 3.8) is 0 Å². The summed E-state index contributed by atoms with van der Waals surface area (Å²) in [5.41, 5.74) is 2.95. The van der Waals surface area contributed by atoms with E-state index >= 15 is 0 Å². The molecule has 1 N–H and O–H groups in total. The summed E-state index contributed by atoms with van der Waals surface area (Å²) in [4.78, 5) is 43.4. The molecule has 0 radical (unpaired) electrons.